The molecule has 0 saturated carbocycles. The van der Waals surface area contributed by atoms with E-state index in [1.165, 1.54) is 44.2 Å². The molecular weight excluding hydrogens is 464 g/mol. The smallest absolute Gasteiger partial charge is 0.0137 e. The third-order valence-corrected chi connectivity index (χ3v) is 6.21. The van der Waals surface area contributed by atoms with E-state index in [2.05, 4.69) is 143 Å². The first-order valence-corrected chi connectivity index (χ1v) is 14.1. The molecule has 0 nitrogen and oxygen atoms in total. The van der Waals surface area contributed by atoms with Gasteiger partial charge in [-0.2, -0.15) is 12.6 Å². The van der Waals surface area contributed by atoms with Crippen LogP contribution in [0.1, 0.15) is 60.1 Å². The molecule has 0 aliphatic heterocycles. The lowest BCUT2D eigenvalue weighted by atomic mass is 9.85. The van der Waals surface area contributed by atoms with Crippen LogP contribution in [-0.4, -0.2) is 6.26 Å². The Kier molecular flexibility index (Phi) is 13.9. The van der Waals surface area contributed by atoms with E-state index >= 15 is 0 Å². The van der Waals surface area contributed by atoms with E-state index in [0.29, 0.717) is 0 Å². The molecule has 0 N–H and O–H groups in total. The molecule has 0 aliphatic rings. The molecule has 0 aromatic heterocycles. The van der Waals surface area contributed by atoms with Gasteiger partial charge in [0.05, 0.1) is 0 Å². The lowest BCUT2D eigenvalue weighted by Crippen LogP contribution is -2.01. The van der Waals surface area contributed by atoms with Crippen molar-refractivity contribution in [2.24, 2.45) is 0 Å². The Morgan fingerprint density at radius 3 is 1.86 bits per heavy atom. The number of thiol groups is 1. The van der Waals surface area contributed by atoms with Crippen LogP contribution in [0.2, 0.25) is 0 Å². The van der Waals surface area contributed by atoms with E-state index < -0.39 is 0 Å². The molecule has 192 valence electrons. The van der Waals surface area contributed by atoms with Gasteiger partial charge in [-0.1, -0.05) is 143 Å². The second-order valence-corrected chi connectivity index (χ2v) is 8.79. The van der Waals surface area contributed by atoms with Gasteiger partial charge in [0.2, 0.25) is 0 Å². The minimum atomic E-state index is 1.08. The van der Waals surface area contributed by atoms with Crippen molar-refractivity contribution in [3.8, 4) is 0 Å². The van der Waals surface area contributed by atoms with Crippen LogP contribution in [0.4, 0.5) is 0 Å². The molecule has 3 aromatic carbocycles. The van der Waals surface area contributed by atoms with Crippen molar-refractivity contribution in [1.82, 2.24) is 0 Å². The number of allylic oxidation sites excluding steroid dienone is 8. The molecule has 0 atom stereocenters. The van der Waals surface area contributed by atoms with Crippen molar-refractivity contribution in [2.45, 2.75) is 46.5 Å². The topological polar surface area (TPSA) is 0 Å². The maximum atomic E-state index is 3.88. The first-order valence-electron chi connectivity index (χ1n) is 13.2. The lowest BCUT2D eigenvalue weighted by Gasteiger charge is -2.19. The molecule has 0 heterocycles. The van der Waals surface area contributed by atoms with Crippen LogP contribution in [-0.2, 0) is 12.8 Å². The molecule has 1 heteroatoms. The summed E-state index contributed by atoms with van der Waals surface area (Å²) >= 11 is 3.53. The molecule has 3 rings (SSSR count). The summed E-state index contributed by atoms with van der Waals surface area (Å²) in [6.45, 7) is 10.7. The highest BCUT2D eigenvalue weighted by molar-refractivity contribution is 7.79. The number of fused-ring (bicyclic) bond motifs is 1. The van der Waals surface area contributed by atoms with E-state index in [1.807, 2.05) is 12.1 Å². The minimum Gasteiger partial charge on any atom is -0.183 e. The fourth-order valence-electron chi connectivity index (χ4n) is 4.55. The number of rotatable bonds is 11. The third kappa shape index (κ3) is 8.95. The zero-order chi connectivity index (χ0) is 26.9. The largest absolute Gasteiger partial charge is 0.183 e. The summed E-state index contributed by atoms with van der Waals surface area (Å²) in [5.74, 6) is 0. The van der Waals surface area contributed by atoms with Crippen LogP contribution in [0.3, 0.4) is 0 Å². The summed E-state index contributed by atoms with van der Waals surface area (Å²) in [7, 11) is 0. The molecule has 0 saturated heterocycles. The fourth-order valence-corrected chi connectivity index (χ4v) is 4.55. The number of benzene rings is 3. The number of hydrogen-bond donors (Lipinski definition) is 1. The van der Waals surface area contributed by atoms with Crippen molar-refractivity contribution >= 4 is 41.6 Å². The van der Waals surface area contributed by atoms with Crippen LogP contribution >= 0.6 is 12.6 Å². The molecular formula is C36H42S. The van der Waals surface area contributed by atoms with Crippen molar-refractivity contribution in [2.75, 3.05) is 6.26 Å². The Labute approximate surface area is 230 Å². The highest BCUT2D eigenvalue weighted by Gasteiger charge is 2.14. The van der Waals surface area contributed by atoms with Gasteiger partial charge in [0, 0.05) is 0 Å². The summed E-state index contributed by atoms with van der Waals surface area (Å²) in [4.78, 5) is 0. The van der Waals surface area contributed by atoms with Gasteiger partial charge < -0.3 is 0 Å². The Morgan fingerprint density at radius 1 is 0.649 bits per heavy atom. The summed E-state index contributed by atoms with van der Waals surface area (Å²) in [5, 5.41) is 2.80. The highest BCUT2D eigenvalue weighted by Crippen LogP contribution is 2.34. The fraction of sp³-hybridized carbons (Fsp3) is 0.222. The quantitative estimate of drug-likeness (QED) is 0.194. The predicted molar refractivity (Wildman–Crippen MR) is 174 cm³/mol. The zero-order valence-electron chi connectivity index (χ0n) is 23.0. The van der Waals surface area contributed by atoms with Gasteiger partial charge in [-0.25, -0.2) is 0 Å². The average molecular weight is 507 g/mol. The number of hydrogen-bond acceptors (Lipinski definition) is 1. The van der Waals surface area contributed by atoms with Gasteiger partial charge in [0.25, 0.3) is 0 Å². The molecule has 0 radical (unpaired) electrons. The molecule has 0 fully saturated rings. The molecule has 0 spiro atoms. The van der Waals surface area contributed by atoms with Gasteiger partial charge in [-0.15, -0.1) is 0 Å². The average Bonchev–Trinajstić information content (AvgIpc) is 2.94. The van der Waals surface area contributed by atoms with E-state index in [9.17, 15) is 0 Å². The second kappa shape index (κ2) is 17.2. The van der Waals surface area contributed by atoms with E-state index in [-0.39, 0.29) is 0 Å². The van der Waals surface area contributed by atoms with Crippen LogP contribution < -0.4 is 0 Å². The maximum Gasteiger partial charge on any atom is -0.0137 e. The standard InChI is InChI=1S/C35H38.CH4S/c1-5-8-24-32-28(4)31(18-6-2)34-26-25-30(27-35(34)33(32)19-7-3)23-15-12-10-9-11-14-20-29-21-16-13-17-22-29;1-2/h5,8-17,20-27H,1,6-7,18-19H2,2-4H3;2H,1H3/b11-9+,12-10+,20-14+,23-15+,24-8-;. The van der Waals surface area contributed by atoms with Gasteiger partial charge >= 0.3 is 0 Å². The molecule has 0 aliphatic carbocycles. The second-order valence-electron chi connectivity index (χ2n) is 8.79. The SMILES string of the molecule is C=C/C=C\c1c(C)c(CCC)c2ccc(/C=C/C=C/C=C/C=C/c3ccccc3)cc2c1CCC.CS. The van der Waals surface area contributed by atoms with Crippen molar-refractivity contribution < 1.29 is 0 Å². The Morgan fingerprint density at radius 2 is 1.24 bits per heavy atom. The van der Waals surface area contributed by atoms with E-state index in [1.54, 1.807) is 6.26 Å². The Balaban J connectivity index is 0.00000235. The highest BCUT2D eigenvalue weighted by atomic mass is 32.1. The predicted octanol–water partition coefficient (Wildman–Crippen LogP) is 10.6. The number of aryl methyl sites for hydroxylation is 2. The minimum absolute atomic E-state index is 1.08. The monoisotopic (exact) mass is 506 g/mol. The van der Waals surface area contributed by atoms with Crippen LogP contribution in [0.15, 0.2) is 104 Å². The first kappa shape index (κ1) is 29.9. The normalized spacial score (nSPS) is 11.9. The summed E-state index contributed by atoms with van der Waals surface area (Å²) < 4.78 is 0. The van der Waals surface area contributed by atoms with E-state index in [4.69, 9.17) is 0 Å². The molecule has 0 unspecified atom stereocenters. The molecule has 0 bridgehead atoms. The van der Waals surface area contributed by atoms with Crippen molar-refractivity contribution in [3.05, 3.63) is 137 Å². The molecule has 0 amide bonds. The summed E-state index contributed by atoms with van der Waals surface area (Å²) in [6, 6.07) is 17.3. The van der Waals surface area contributed by atoms with Crippen LogP contribution in [0.25, 0.3) is 29.0 Å². The van der Waals surface area contributed by atoms with E-state index in [0.717, 1.165) is 25.7 Å². The zero-order valence-corrected chi connectivity index (χ0v) is 23.8. The van der Waals surface area contributed by atoms with Gasteiger partial charge in [-0.05, 0) is 76.2 Å². The summed E-state index contributed by atoms with van der Waals surface area (Å²) in [5.41, 5.74) is 8.17. The molecule has 3 aromatic rings. The molecule has 37 heavy (non-hydrogen) atoms. The maximum absolute atomic E-state index is 3.88. The van der Waals surface area contributed by atoms with Gasteiger partial charge in [0.15, 0.2) is 0 Å². The lowest BCUT2D eigenvalue weighted by molar-refractivity contribution is 0.905. The van der Waals surface area contributed by atoms with Crippen LogP contribution in [0, 0.1) is 6.92 Å². The van der Waals surface area contributed by atoms with Crippen molar-refractivity contribution in [1.29, 1.82) is 0 Å². The Bertz CT molecular complexity index is 1270. The third-order valence-electron chi connectivity index (χ3n) is 6.21. The van der Waals surface area contributed by atoms with Gasteiger partial charge in [-0.3, -0.25) is 0 Å². The Hall–Kier alpha value is -3.29. The van der Waals surface area contributed by atoms with Gasteiger partial charge in [0.1, 0.15) is 0 Å². The van der Waals surface area contributed by atoms with Crippen LogP contribution in [0.5, 0.6) is 0 Å². The summed E-state index contributed by atoms with van der Waals surface area (Å²) in [6.07, 6.45) is 29.1. The first-order chi connectivity index (χ1) is 18.2. The van der Waals surface area contributed by atoms with Crippen molar-refractivity contribution in [3.63, 3.8) is 0 Å².